The lowest BCUT2D eigenvalue weighted by molar-refractivity contribution is 0.102. The number of benzene rings is 3. The summed E-state index contributed by atoms with van der Waals surface area (Å²) in [6.07, 6.45) is 0. The van der Waals surface area contributed by atoms with E-state index in [-0.39, 0.29) is 17.0 Å². The van der Waals surface area contributed by atoms with Gasteiger partial charge in [-0.05, 0) is 22.9 Å². The SMILES string of the molecule is COc1cc(NC(=O)c2cc3ccccc3cc2O)c(OC)cc1N=N. The van der Waals surface area contributed by atoms with Gasteiger partial charge in [0, 0.05) is 12.1 Å². The third kappa shape index (κ3) is 3.14. The Hall–Kier alpha value is -3.61. The molecule has 7 heteroatoms. The number of fused-ring (bicyclic) bond motifs is 1. The smallest absolute Gasteiger partial charge is 0.259 e. The first-order valence-electron chi connectivity index (χ1n) is 7.74. The Morgan fingerprint density at radius 2 is 1.69 bits per heavy atom. The molecule has 0 saturated heterocycles. The minimum absolute atomic E-state index is 0.120. The fraction of sp³-hybridized carbons (Fsp3) is 0.105. The van der Waals surface area contributed by atoms with Crippen LogP contribution in [0.25, 0.3) is 10.8 Å². The van der Waals surface area contributed by atoms with Gasteiger partial charge >= 0.3 is 0 Å². The largest absolute Gasteiger partial charge is 0.507 e. The van der Waals surface area contributed by atoms with E-state index in [4.69, 9.17) is 15.0 Å². The van der Waals surface area contributed by atoms with Crippen molar-refractivity contribution in [2.45, 2.75) is 0 Å². The monoisotopic (exact) mass is 351 g/mol. The Morgan fingerprint density at radius 3 is 2.31 bits per heavy atom. The van der Waals surface area contributed by atoms with Crippen molar-refractivity contribution >= 4 is 28.1 Å². The summed E-state index contributed by atoms with van der Waals surface area (Å²) in [6, 6.07) is 13.6. The highest BCUT2D eigenvalue weighted by atomic mass is 16.5. The summed E-state index contributed by atoms with van der Waals surface area (Å²) in [5.74, 6) is 0.0262. The van der Waals surface area contributed by atoms with Crippen LogP contribution in [0.1, 0.15) is 10.4 Å². The normalized spacial score (nSPS) is 10.4. The van der Waals surface area contributed by atoms with Crippen LogP contribution in [0, 0.1) is 5.53 Å². The van der Waals surface area contributed by atoms with E-state index in [0.717, 1.165) is 10.8 Å². The number of aromatic hydroxyl groups is 1. The molecule has 3 aromatic rings. The lowest BCUT2D eigenvalue weighted by atomic mass is 10.1. The highest BCUT2D eigenvalue weighted by molar-refractivity contribution is 6.09. The molecule has 0 radical (unpaired) electrons. The number of phenols is 1. The average Bonchev–Trinajstić information content (AvgIpc) is 2.66. The first-order valence-corrected chi connectivity index (χ1v) is 7.74. The topological polar surface area (TPSA) is 104 Å². The number of methoxy groups -OCH3 is 2. The molecule has 1 amide bonds. The Balaban J connectivity index is 2.00. The molecule has 0 heterocycles. The Labute approximate surface area is 149 Å². The standard InChI is InChI=1S/C19H17N3O4/c1-25-17-10-15(22-20)18(26-2)9-14(17)21-19(24)13-7-11-5-3-4-6-12(11)8-16(13)23/h3-10,20,23H,1-2H3,(H,21,24). The van der Waals surface area contributed by atoms with Crippen LogP contribution >= 0.6 is 0 Å². The van der Waals surface area contributed by atoms with Gasteiger partial charge in [-0.3, -0.25) is 4.79 Å². The van der Waals surface area contributed by atoms with Crippen LogP contribution in [-0.4, -0.2) is 25.2 Å². The summed E-state index contributed by atoms with van der Waals surface area (Å²) in [4.78, 5) is 12.7. The van der Waals surface area contributed by atoms with Gasteiger partial charge in [0.1, 0.15) is 22.9 Å². The summed E-state index contributed by atoms with van der Waals surface area (Å²) in [5.41, 5.74) is 7.93. The third-order valence-corrected chi connectivity index (χ3v) is 3.98. The summed E-state index contributed by atoms with van der Waals surface area (Å²) in [5, 5.41) is 18.0. The van der Waals surface area contributed by atoms with E-state index in [1.54, 1.807) is 12.1 Å². The molecule has 0 spiro atoms. The molecule has 7 nitrogen and oxygen atoms in total. The van der Waals surface area contributed by atoms with Gasteiger partial charge in [0.15, 0.2) is 0 Å². The van der Waals surface area contributed by atoms with Crippen molar-refractivity contribution in [3.05, 3.63) is 54.1 Å². The van der Waals surface area contributed by atoms with E-state index < -0.39 is 5.91 Å². The summed E-state index contributed by atoms with van der Waals surface area (Å²) < 4.78 is 10.4. The molecule has 0 unspecified atom stereocenters. The zero-order valence-electron chi connectivity index (χ0n) is 14.2. The third-order valence-electron chi connectivity index (χ3n) is 3.98. The molecule has 3 N–H and O–H groups in total. The number of phenolic OH excluding ortho intramolecular Hbond substituents is 1. The number of nitrogens with zero attached hydrogens (tertiary/aromatic N) is 1. The molecule has 3 rings (SSSR count). The first-order chi connectivity index (χ1) is 12.6. The minimum Gasteiger partial charge on any atom is -0.507 e. The fourth-order valence-electron chi connectivity index (χ4n) is 2.67. The van der Waals surface area contributed by atoms with Gasteiger partial charge in [0.05, 0.1) is 25.5 Å². The Bertz CT molecular complexity index is 1000. The maximum absolute atomic E-state index is 12.7. The minimum atomic E-state index is -0.496. The lowest BCUT2D eigenvalue weighted by Gasteiger charge is -2.14. The maximum atomic E-state index is 12.7. The second-order valence-electron chi connectivity index (χ2n) is 5.51. The van der Waals surface area contributed by atoms with E-state index >= 15 is 0 Å². The summed E-state index contributed by atoms with van der Waals surface area (Å²) in [6.45, 7) is 0. The van der Waals surface area contributed by atoms with E-state index in [1.807, 2.05) is 24.3 Å². The highest BCUT2D eigenvalue weighted by Gasteiger charge is 2.17. The van der Waals surface area contributed by atoms with E-state index in [1.165, 1.54) is 26.4 Å². The second kappa shape index (κ2) is 7.10. The van der Waals surface area contributed by atoms with Crippen LogP contribution < -0.4 is 14.8 Å². The predicted octanol–water partition coefficient (Wildman–Crippen LogP) is 4.48. The number of ether oxygens (including phenoxy) is 2. The Morgan fingerprint density at radius 1 is 1.04 bits per heavy atom. The maximum Gasteiger partial charge on any atom is 0.259 e. The van der Waals surface area contributed by atoms with Crippen molar-refractivity contribution in [1.29, 1.82) is 5.53 Å². The molecule has 0 saturated carbocycles. The van der Waals surface area contributed by atoms with Crippen LogP contribution in [0.3, 0.4) is 0 Å². The molecule has 3 aromatic carbocycles. The van der Waals surface area contributed by atoms with Crippen molar-refractivity contribution < 1.29 is 19.4 Å². The molecule has 0 aliphatic carbocycles. The highest BCUT2D eigenvalue weighted by Crippen LogP contribution is 2.38. The number of anilines is 1. The molecular weight excluding hydrogens is 334 g/mol. The first kappa shape index (κ1) is 17.2. The van der Waals surface area contributed by atoms with Crippen molar-refractivity contribution in [3.8, 4) is 17.2 Å². The zero-order valence-corrected chi connectivity index (χ0v) is 14.2. The number of carbonyl (C=O) groups is 1. The van der Waals surface area contributed by atoms with Crippen LogP contribution in [0.5, 0.6) is 17.2 Å². The Kier molecular flexibility index (Phi) is 4.70. The van der Waals surface area contributed by atoms with Gasteiger partial charge in [-0.2, -0.15) is 5.11 Å². The quantitative estimate of drug-likeness (QED) is 0.590. The van der Waals surface area contributed by atoms with Crippen LogP contribution in [0.2, 0.25) is 0 Å². The second-order valence-corrected chi connectivity index (χ2v) is 5.51. The number of nitrogens with one attached hydrogen (secondary N) is 2. The van der Waals surface area contributed by atoms with E-state index in [0.29, 0.717) is 17.2 Å². The van der Waals surface area contributed by atoms with Gasteiger partial charge in [-0.25, -0.2) is 5.53 Å². The van der Waals surface area contributed by atoms with Crippen molar-refractivity contribution in [2.75, 3.05) is 19.5 Å². The zero-order chi connectivity index (χ0) is 18.7. The molecule has 0 aliphatic heterocycles. The van der Waals surface area contributed by atoms with E-state index in [9.17, 15) is 9.90 Å². The molecule has 132 valence electrons. The molecular formula is C19H17N3O4. The molecule has 26 heavy (non-hydrogen) atoms. The number of amides is 1. The van der Waals surface area contributed by atoms with Crippen molar-refractivity contribution in [2.24, 2.45) is 5.11 Å². The molecule has 0 fully saturated rings. The van der Waals surface area contributed by atoms with Crippen molar-refractivity contribution in [1.82, 2.24) is 0 Å². The average molecular weight is 351 g/mol. The molecule has 0 bridgehead atoms. The van der Waals surface area contributed by atoms with Crippen LogP contribution in [0.4, 0.5) is 11.4 Å². The lowest BCUT2D eigenvalue weighted by Crippen LogP contribution is -2.13. The van der Waals surface area contributed by atoms with Gasteiger partial charge in [-0.15, -0.1) is 0 Å². The number of rotatable bonds is 5. The number of hydrogen-bond donors (Lipinski definition) is 3. The molecule has 0 aromatic heterocycles. The van der Waals surface area contributed by atoms with Crippen LogP contribution in [0.15, 0.2) is 53.6 Å². The van der Waals surface area contributed by atoms with Crippen molar-refractivity contribution in [3.63, 3.8) is 0 Å². The van der Waals surface area contributed by atoms with Gasteiger partial charge in [0.25, 0.3) is 5.91 Å². The fourth-order valence-corrected chi connectivity index (χ4v) is 2.67. The predicted molar refractivity (Wildman–Crippen MR) is 97.9 cm³/mol. The van der Waals surface area contributed by atoms with Crippen LogP contribution in [-0.2, 0) is 0 Å². The van der Waals surface area contributed by atoms with Gasteiger partial charge in [-0.1, -0.05) is 24.3 Å². The molecule has 0 aliphatic rings. The van der Waals surface area contributed by atoms with Gasteiger partial charge in [0.2, 0.25) is 0 Å². The number of carbonyl (C=O) groups excluding carboxylic acids is 1. The van der Waals surface area contributed by atoms with E-state index in [2.05, 4.69) is 10.4 Å². The van der Waals surface area contributed by atoms with Gasteiger partial charge < -0.3 is 19.9 Å². The summed E-state index contributed by atoms with van der Waals surface area (Å²) >= 11 is 0. The molecule has 0 atom stereocenters. The number of hydrogen-bond acceptors (Lipinski definition) is 6. The summed E-state index contributed by atoms with van der Waals surface area (Å²) in [7, 11) is 2.88.